The van der Waals surface area contributed by atoms with Gasteiger partial charge in [-0.1, -0.05) is 66.7 Å². The Bertz CT molecular complexity index is 1150. The summed E-state index contributed by atoms with van der Waals surface area (Å²) in [5.74, 6) is 0.459. The van der Waals surface area contributed by atoms with Crippen molar-refractivity contribution in [2.24, 2.45) is 0 Å². The zero-order chi connectivity index (χ0) is 26.7. The lowest BCUT2D eigenvalue weighted by molar-refractivity contribution is -0.139. The van der Waals surface area contributed by atoms with E-state index in [-0.39, 0.29) is 19.1 Å². The molecule has 2 amide bonds. The Hall–Kier alpha value is -3.88. The van der Waals surface area contributed by atoms with E-state index in [1.165, 1.54) is 0 Å². The largest absolute Gasteiger partial charge is 0.484 e. The zero-order valence-electron chi connectivity index (χ0n) is 21.2. The van der Waals surface area contributed by atoms with Gasteiger partial charge in [-0.3, -0.25) is 9.59 Å². The van der Waals surface area contributed by atoms with E-state index in [1.807, 2.05) is 66.7 Å². The van der Waals surface area contributed by atoms with Crippen molar-refractivity contribution >= 4 is 11.8 Å². The van der Waals surface area contributed by atoms with Gasteiger partial charge in [0.25, 0.3) is 11.8 Å². The van der Waals surface area contributed by atoms with Crippen molar-refractivity contribution < 1.29 is 29.3 Å². The van der Waals surface area contributed by atoms with E-state index in [2.05, 4.69) is 5.32 Å². The smallest absolute Gasteiger partial charge is 0.260 e. The molecule has 3 aromatic rings. The van der Waals surface area contributed by atoms with Crippen molar-refractivity contribution in [1.29, 1.82) is 0 Å². The highest BCUT2D eigenvalue weighted by atomic mass is 16.5. The average Bonchev–Trinajstić information content (AvgIpc) is 3.45. The molecule has 1 heterocycles. The predicted octanol–water partition coefficient (Wildman–Crippen LogP) is 2.58. The molecule has 0 aromatic heterocycles. The number of rotatable bonds is 12. The number of nitrogens with one attached hydrogen (secondary N) is 1. The van der Waals surface area contributed by atoms with Crippen LogP contribution < -0.4 is 14.8 Å². The van der Waals surface area contributed by atoms with Crippen molar-refractivity contribution in [3.8, 4) is 11.5 Å². The number of likely N-dealkylation sites (tertiary alicyclic amines) is 1. The maximum atomic E-state index is 12.9. The molecule has 0 spiro atoms. The average molecular weight is 519 g/mol. The number of benzene rings is 3. The number of amides is 2. The minimum atomic E-state index is -1.32. The first-order valence-electron chi connectivity index (χ1n) is 12.9. The molecule has 1 saturated heterocycles. The van der Waals surface area contributed by atoms with Crippen LogP contribution in [0.1, 0.15) is 18.4 Å². The summed E-state index contributed by atoms with van der Waals surface area (Å²) in [5.41, 5.74) is 0.892. The number of hydrogen-bond donors (Lipinski definition) is 3. The quantitative estimate of drug-likeness (QED) is 0.340. The first kappa shape index (κ1) is 27.2. The lowest BCUT2D eigenvalue weighted by Crippen LogP contribution is -2.56. The monoisotopic (exact) mass is 518 g/mol. The van der Waals surface area contributed by atoms with E-state index in [0.717, 1.165) is 5.56 Å². The Morgan fingerprint density at radius 3 is 2.00 bits per heavy atom. The molecule has 4 atom stereocenters. The van der Waals surface area contributed by atoms with Crippen molar-refractivity contribution in [2.45, 2.75) is 43.6 Å². The third-order valence-corrected chi connectivity index (χ3v) is 6.64. The van der Waals surface area contributed by atoms with E-state index < -0.39 is 30.2 Å². The molecule has 3 N–H and O–H groups in total. The minimum absolute atomic E-state index is 0.162. The van der Waals surface area contributed by atoms with Crippen LogP contribution in [0.5, 0.6) is 11.5 Å². The van der Waals surface area contributed by atoms with Crippen LogP contribution in [0.4, 0.5) is 0 Å². The topological polar surface area (TPSA) is 108 Å². The molecule has 38 heavy (non-hydrogen) atoms. The first-order valence-corrected chi connectivity index (χ1v) is 12.9. The fraction of sp³-hybridized carbons (Fsp3) is 0.333. The van der Waals surface area contributed by atoms with Crippen LogP contribution in [0.15, 0.2) is 91.0 Å². The van der Waals surface area contributed by atoms with Gasteiger partial charge in [-0.15, -0.1) is 0 Å². The highest BCUT2D eigenvalue weighted by molar-refractivity contribution is 5.79. The van der Waals surface area contributed by atoms with Gasteiger partial charge in [0, 0.05) is 6.54 Å². The van der Waals surface area contributed by atoms with Gasteiger partial charge < -0.3 is 29.9 Å². The lowest BCUT2D eigenvalue weighted by Gasteiger charge is -2.35. The van der Waals surface area contributed by atoms with Crippen LogP contribution in [-0.2, 0) is 16.0 Å². The van der Waals surface area contributed by atoms with Crippen LogP contribution in [-0.4, -0.2) is 71.0 Å². The van der Waals surface area contributed by atoms with E-state index in [1.54, 1.807) is 29.2 Å². The summed E-state index contributed by atoms with van der Waals surface area (Å²) < 4.78 is 11.2. The van der Waals surface area contributed by atoms with Crippen molar-refractivity contribution in [3.05, 3.63) is 96.6 Å². The van der Waals surface area contributed by atoms with Gasteiger partial charge in [0.1, 0.15) is 23.7 Å². The molecule has 1 fully saturated rings. The van der Waals surface area contributed by atoms with Crippen molar-refractivity contribution in [2.75, 3.05) is 19.8 Å². The molecule has 8 nitrogen and oxygen atoms in total. The minimum Gasteiger partial charge on any atom is -0.484 e. The number of nitrogens with zero attached hydrogens (tertiary/aromatic N) is 1. The Balaban J connectivity index is 1.40. The normalized spacial score (nSPS) is 17.3. The number of carbonyl (C=O) groups is 2. The molecule has 0 unspecified atom stereocenters. The fourth-order valence-corrected chi connectivity index (χ4v) is 4.71. The summed E-state index contributed by atoms with van der Waals surface area (Å²) in [6.07, 6.45) is -1.04. The van der Waals surface area contributed by atoms with Gasteiger partial charge in [0.15, 0.2) is 13.2 Å². The molecule has 3 aromatic carbocycles. The summed E-state index contributed by atoms with van der Waals surface area (Å²) in [5, 5.41) is 25.3. The maximum Gasteiger partial charge on any atom is 0.260 e. The molecule has 1 aliphatic heterocycles. The second-order valence-electron chi connectivity index (χ2n) is 9.35. The molecular formula is C30H34N2O6. The van der Waals surface area contributed by atoms with Crippen LogP contribution in [0, 0.1) is 0 Å². The molecule has 4 rings (SSSR count). The SMILES string of the molecule is O=C(COc1ccccc1)N[C@@H](Cc1ccccc1)[C@H](O)[C@@H](O)[C@@H]1CCCN1C(=O)COc1ccccc1. The Labute approximate surface area is 222 Å². The molecule has 0 radical (unpaired) electrons. The number of hydrogen-bond acceptors (Lipinski definition) is 6. The number of carbonyl (C=O) groups excluding carboxylic acids is 2. The van der Waals surface area contributed by atoms with E-state index in [4.69, 9.17) is 9.47 Å². The number of ether oxygens (including phenoxy) is 2. The third kappa shape index (κ3) is 7.57. The molecule has 0 bridgehead atoms. The molecule has 1 aliphatic rings. The Kier molecular flexibility index (Phi) is 9.72. The summed E-state index contributed by atoms with van der Waals surface area (Å²) >= 11 is 0. The zero-order valence-corrected chi connectivity index (χ0v) is 21.2. The van der Waals surface area contributed by atoms with Gasteiger partial charge in [-0.05, 0) is 49.1 Å². The molecule has 0 aliphatic carbocycles. The standard InChI is InChI=1S/C30H34N2O6/c33-27(20-37-23-13-6-2-7-14-23)31-25(19-22-11-4-1-5-12-22)29(35)30(36)26-17-10-18-32(26)28(34)21-38-24-15-8-3-9-16-24/h1-9,11-16,25-26,29-30,35-36H,10,17-21H2,(H,31,33)/t25-,26-,29-,30-/m0/s1. The summed E-state index contributed by atoms with van der Waals surface area (Å²) in [6.45, 7) is 0.0688. The Morgan fingerprint density at radius 1 is 0.842 bits per heavy atom. The van der Waals surface area contributed by atoms with Crippen molar-refractivity contribution in [1.82, 2.24) is 10.2 Å². The first-order chi connectivity index (χ1) is 18.5. The lowest BCUT2D eigenvalue weighted by atomic mass is 9.93. The van der Waals surface area contributed by atoms with Gasteiger partial charge in [0.05, 0.1) is 12.1 Å². The number of para-hydroxylation sites is 2. The predicted molar refractivity (Wildman–Crippen MR) is 143 cm³/mol. The Morgan fingerprint density at radius 2 is 1.39 bits per heavy atom. The highest BCUT2D eigenvalue weighted by Gasteiger charge is 2.40. The van der Waals surface area contributed by atoms with Gasteiger partial charge in [-0.25, -0.2) is 0 Å². The maximum absolute atomic E-state index is 12.9. The fourth-order valence-electron chi connectivity index (χ4n) is 4.71. The second-order valence-corrected chi connectivity index (χ2v) is 9.35. The second kappa shape index (κ2) is 13.6. The van der Waals surface area contributed by atoms with Gasteiger partial charge in [-0.2, -0.15) is 0 Å². The van der Waals surface area contributed by atoms with E-state index >= 15 is 0 Å². The molecule has 200 valence electrons. The van der Waals surface area contributed by atoms with Crippen LogP contribution in [0.25, 0.3) is 0 Å². The van der Waals surface area contributed by atoms with E-state index in [0.29, 0.717) is 37.3 Å². The molecular weight excluding hydrogens is 484 g/mol. The summed E-state index contributed by atoms with van der Waals surface area (Å²) in [7, 11) is 0. The third-order valence-electron chi connectivity index (χ3n) is 6.64. The number of aliphatic hydroxyl groups excluding tert-OH is 2. The summed E-state index contributed by atoms with van der Waals surface area (Å²) in [4.78, 5) is 27.3. The molecule has 8 heteroatoms. The van der Waals surface area contributed by atoms with Crippen LogP contribution in [0.3, 0.4) is 0 Å². The number of aliphatic hydroxyl groups is 2. The van der Waals surface area contributed by atoms with Crippen LogP contribution >= 0.6 is 0 Å². The molecule has 0 saturated carbocycles. The van der Waals surface area contributed by atoms with E-state index in [9.17, 15) is 19.8 Å². The van der Waals surface area contributed by atoms with Crippen LogP contribution in [0.2, 0.25) is 0 Å². The highest BCUT2D eigenvalue weighted by Crippen LogP contribution is 2.24. The van der Waals surface area contributed by atoms with Crippen molar-refractivity contribution in [3.63, 3.8) is 0 Å². The van der Waals surface area contributed by atoms with Gasteiger partial charge in [0.2, 0.25) is 0 Å². The van der Waals surface area contributed by atoms with Gasteiger partial charge >= 0.3 is 0 Å². The summed E-state index contributed by atoms with van der Waals surface area (Å²) in [6, 6.07) is 26.1.